The van der Waals surface area contributed by atoms with E-state index in [9.17, 15) is 18.4 Å². The van der Waals surface area contributed by atoms with Crippen molar-refractivity contribution in [3.05, 3.63) is 59.7 Å². The molecule has 4 atom stereocenters. The van der Waals surface area contributed by atoms with Gasteiger partial charge in [0.25, 0.3) is 5.91 Å². The monoisotopic (exact) mass is 388 g/mol. The van der Waals surface area contributed by atoms with Crippen molar-refractivity contribution in [1.29, 1.82) is 0 Å². The first kappa shape index (κ1) is 18.3. The van der Waals surface area contributed by atoms with Crippen LogP contribution < -0.4 is 5.32 Å². The van der Waals surface area contributed by atoms with Crippen LogP contribution in [0, 0.1) is 23.5 Å². The molecule has 1 aromatic rings. The summed E-state index contributed by atoms with van der Waals surface area (Å²) < 4.78 is 31.9. The number of nitrogens with zero attached hydrogens (tertiary/aromatic N) is 1. The standard InChI is InChI=1S/C20H18F2N2O4/c1-27-18(25)11-4-5-15(9-11)23-19(26)20-6-2-3-16(20)17(24-28-20)12-7-13(21)10-14(22)8-12/h2,4-8,10-11,15-16H,3,9H2,1H3,(H,23,26)/t11-,15+,16?,20?/m1/s1. The molecule has 0 spiro atoms. The Balaban J connectivity index is 1.51. The maximum Gasteiger partial charge on any atom is 0.312 e. The van der Waals surface area contributed by atoms with Crippen LogP contribution in [0.25, 0.3) is 0 Å². The molecule has 0 saturated carbocycles. The normalized spacial score (nSPS) is 30.0. The van der Waals surface area contributed by atoms with E-state index in [1.54, 1.807) is 24.3 Å². The van der Waals surface area contributed by atoms with Gasteiger partial charge in [-0.3, -0.25) is 9.59 Å². The maximum atomic E-state index is 13.6. The van der Waals surface area contributed by atoms with Gasteiger partial charge in [-0.2, -0.15) is 0 Å². The second kappa shape index (κ2) is 6.85. The number of nitrogens with one attached hydrogen (secondary N) is 1. The van der Waals surface area contributed by atoms with Gasteiger partial charge in [0, 0.05) is 17.7 Å². The maximum absolute atomic E-state index is 13.6. The van der Waals surface area contributed by atoms with Crippen molar-refractivity contribution in [3.8, 4) is 0 Å². The molecule has 146 valence electrons. The molecular weight excluding hydrogens is 370 g/mol. The number of esters is 1. The number of carbonyl (C=O) groups excluding carboxylic acids is 2. The minimum atomic E-state index is -1.37. The average Bonchev–Trinajstić information content (AvgIpc) is 3.35. The van der Waals surface area contributed by atoms with E-state index in [-0.39, 0.29) is 17.6 Å². The third kappa shape index (κ3) is 2.98. The predicted octanol–water partition coefficient (Wildman–Crippen LogP) is 2.25. The van der Waals surface area contributed by atoms with Crippen LogP contribution in [0.1, 0.15) is 18.4 Å². The van der Waals surface area contributed by atoms with Crippen molar-refractivity contribution in [2.45, 2.75) is 24.5 Å². The van der Waals surface area contributed by atoms with Crippen LogP contribution in [-0.2, 0) is 19.2 Å². The van der Waals surface area contributed by atoms with E-state index in [2.05, 4.69) is 10.5 Å². The van der Waals surface area contributed by atoms with Crippen LogP contribution in [-0.4, -0.2) is 36.3 Å². The van der Waals surface area contributed by atoms with E-state index in [0.29, 0.717) is 18.6 Å². The third-order valence-electron chi connectivity index (χ3n) is 5.30. The first-order valence-corrected chi connectivity index (χ1v) is 8.90. The third-order valence-corrected chi connectivity index (χ3v) is 5.30. The summed E-state index contributed by atoms with van der Waals surface area (Å²) in [6, 6.07) is 2.76. The van der Waals surface area contributed by atoms with E-state index in [1.165, 1.54) is 7.11 Å². The minimum absolute atomic E-state index is 0.243. The van der Waals surface area contributed by atoms with Gasteiger partial charge in [-0.15, -0.1) is 0 Å². The lowest BCUT2D eigenvalue weighted by molar-refractivity contribution is -0.145. The van der Waals surface area contributed by atoms with Crippen molar-refractivity contribution in [1.82, 2.24) is 5.32 Å². The van der Waals surface area contributed by atoms with Gasteiger partial charge in [0.05, 0.1) is 24.7 Å². The molecule has 2 unspecified atom stereocenters. The zero-order chi connectivity index (χ0) is 19.9. The molecule has 0 fully saturated rings. The van der Waals surface area contributed by atoms with E-state index < -0.39 is 35.0 Å². The summed E-state index contributed by atoms with van der Waals surface area (Å²) >= 11 is 0. The fraction of sp³-hybridized carbons (Fsp3) is 0.350. The number of carbonyl (C=O) groups is 2. The van der Waals surface area contributed by atoms with Crippen molar-refractivity contribution < 1.29 is 27.9 Å². The Morgan fingerprint density at radius 1 is 1.25 bits per heavy atom. The summed E-state index contributed by atoms with van der Waals surface area (Å²) in [5.74, 6) is -3.13. The molecular formula is C20H18F2N2O4. The molecule has 28 heavy (non-hydrogen) atoms. The molecule has 3 aliphatic rings. The van der Waals surface area contributed by atoms with Gasteiger partial charge >= 0.3 is 5.97 Å². The topological polar surface area (TPSA) is 77.0 Å². The van der Waals surface area contributed by atoms with E-state index >= 15 is 0 Å². The molecule has 2 aliphatic carbocycles. The highest BCUT2D eigenvalue weighted by Crippen LogP contribution is 2.41. The minimum Gasteiger partial charge on any atom is -0.469 e. The van der Waals surface area contributed by atoms with Gasteiger partial charge < -0.3 is 14.9 Å². The Kier molecular flexibility index (Phi) is 4.49. The number of hydrogen-bond acceptors (Lipinski definition) is 5. The molecule has 4 rings (SSSR count). The molecule has 0 radical (unpaired) electrons. The molecule has 6 nitrogen and oxygen atoms in total. The Morgan fingerprint density at radius 2 is 2.00 bits per heavy atom. The molecule has 1 aromatic carbocycles. The highest BCUT2D eigenvalue weighted by atomic mass is 19.1. The Hall–Kier alpha value is -3.03. The lowest BCUT2D eigenvalue weighted by Crippen LogP contribution is -2.52. The smallest absolute Gasteiger partial charge is 0.312 e. The first-order chi connectivity index (χ1) is 13.4. The van der Waals surface area contributed by atoms with Crippen LogP contribution >= 0.6 is 0 Å². The molecule has 1 N–H and O–H groups in total. The molecule has 8 heteroatoms. The van der Waals surface area contributed by atoms with Crippen LogP contribution in [0.2, 0.25) is 0 Å². The number of rotatable bonds is 4. The first-order valence-electron chi connectivity index (χ1n) is 8.90. The number of hydrogen-bond donors (Lipinski definition) is 1. The Labute approximate surface area is 159 Å². The number of ether oxygens (including phenoxy) is 1. The molecule has 1 amide bonds. The lowest BCUT2D eigenvalue weighted by Gasteiger charge is -2.26. The van der Waals surface area contributed by atoms with Crippen LogP contribution in [0.3, 0.4) is 0 Å². The second-order valence-corrected chi connectivity index (χ2v) is 7.04. The number of methoxy groups -OCH3 is 1. The van der Waals surface area contributed by atoms with Crippen molar-refractivity contribution in [2.75, 3.05) is 7.11 Å². The van der Waals surface area contributed by atoms with Gasteiger partial charge in [0.1, 0.15) is 11.6 Å². The van der Waals surface area contributed by atoms with Gasteiger partial charge in [0.15, 0.2) is 0 Å². The number of allylic oxidation sites excluding steroid dienone is 1. The van der Waals surface area contributed by atoms with Crippen molar-refractivity contribution in [3.63, 3.8) is 0 Å². The number of benzene rings is 1. The molecule has 0 aromatic heterocycles. The van der Waals surface area contributed by atoms with E-state index in [1.807, 2.05) is 0 Å². The summed E-state index contributed by atoms with van der Waals surface area (Å²) in [5.41, 5.74) is -0.796. The van der Waals surface area contributed by atoms with Gasteiger partial charge in [-0.25, -0.2) is 8.78 Å². The Bertz CT molecular complexity index is 907. The lowest BCUT2D eigenvalue weighted by atomic mass is 9.83. The number of fused-ring (bicyclic) bond motifs is 1. The quantitative estimate of drug-likeness (QED) is 0.634. The molecule has 0 bridgehead atoms. The molecule has 1 aliphatic heterocycles. The highest BCUT2D eigenvalue weighted by Gasteiger charge is 2.55. The van der Waals surface area contributed by atoms with Gasteiger partial charge in [-0.05, 0) is 31.1 Å². The number of halogens is 2. The largest absolute Gasteiger partial charge is 0.469 e. The summed E-state index contributed by atoms with van der Waals surface area (Å²) in [6.07, 6.45) is 7.69. The molecule has 0 saturated heterocycles. The highest BCUT2D eigenvalue weighted by molar-refractivity contribution is 6.08. The fourth-order valence-corrected chi connectivity index (χ4v) is 3.91. The SMILES string of the molecule is COC(=O)[C@@H]1C=C[C@H](NC(=O)C23C=CCC2C(c2cc(F)cc(F)c2)=NO3)C1. The van der Waals surface area contributed by atoms with E-state index in [0.717, 1.165) is 18.2 Å². The van der Waals surface area contributed by atoms with Crippen LogP contribution in [0.5, 0.6) is 0 Å². The summed E-state index contributed by atoms with van der Waals surface area (Å²) in [7, 11) is 1.31. The number of oxime groups is 1. The van der Waals surface area contributed by atoms with Crippen LogP contribution in [0.4, 0.5) is 8.78 Å². The fourth-order valence-electron chi connectivity index (χ4n) is 3.91. The Morgan fingerprint density at radius 3 is 2.71 bits per heavy atom. The van der Waals surface area contributed by atoms with E-state index in [4.69, 9.17) is 9.57 Å². The zero-order valence-corrected chi connectivity index (χ0v) is 15.0. The number of amides is 1. The van der Waals surface area contributed by atoms with Gasteiger partial charge in [-0.1, -0.05) is 23.4 Å². The van der Waals surface area contributed by atoms with Gasteiger partial charge in [0.2, 0.25) is 5.60 Å². The second-order valence-electron chi connectivity index (χ2n) is 7.04. The average molecular weight is 388 g/mol. The summed E-state index contributed by atoms with van der Waals surface area (Å²) in [5, 5.41) is 6.83. The zero-order valence-electron chi connectivity index (χ0n) is 15.0. The van der Waals surface area contributed by atoms with Crippen molar-refractivity contribution >= 4 is 17.6 Å². The van der Waals surface area contributed by atoms with Crippen molar-refractivity contribution in [2.24, 2.45) is 17.0 Å². The summed E-state index contributed by atoms with van der Waals surface area (Å²) in [6.45, 7) is 0. The summed E-state index contributed by atoms with van der Waals surface area (Å²) in [4.78, 5) is 30.1. The predicted molar refractivity (Wildman–Crippen MR) is 95.2 cm³/mol. The molecule has 1 heterocycles. The van der Waals surface area contributed by atoms with Crippen LogP contribution in [0.15, 0.2) is 47.7 Å².